The Morgan fingerprint density at radius 1 is 1.33 bits per heavy atom. The predicted octanol–water partition coefficient (Wildman–Crippen LogP) is 1.63. The van der Waals surface area contributed by atoms with Gasteiger partial charge in [-0.25, -0.2) is 0 Å². The molecule has 134 valence electrons. The molecule has 1 aromatic carbocycles. The zero-order valence-corrected chi connectivity index (χ0v) is 14.5. The second-order valence-corrected chi connectivity index (χ2v) is 6.49. The highest BCUT2D eigenvalue weighted by Crippen LogP contribution is 2.24. The van der Waals surface area contributed by atoms with Gasteiger partial charge >= 0.3 is 0 Å². The molecule has 1 aliphatic rings. The smallest absolute Gasteiger partial charge is 0.257 e. The number of hydrogen-bond donors (Lipinski definition) is 2. The van der Waals surface area contributed by atoms with Gasteiger partial charge in [0, 0.05) is 25.7 Å². The maximum atomic E-state index is 12.0. The summed E-state index contributed by atoms with van der Waals surface area (Å²) in [6, 6.07) is 6.94. The van der Waals surface area contributed by atoms with E-state index in [0.717, 1.165) is 32.7 Å². The maximum absolute atomic E-state index is 12.0. The largest absolute Gasteiger partial charge is 0.504 e. The fourth-order valence-electron chi connectivity index (χ4n) is 2.85. The van der Waals surface area contributed by atoms with Crippen LogP contribution in [0.2, 0.25) is 0 Å². The van der Waals surface area contributed by atoms with E-state index < -0.39 is 0 Å². The Morgan fingerprint density at radius 2 is 2.04 bits per heavy atom. The van der Waals surface area contributed by atoms with Gasteiger partial charge in [0.1, 0.15) is 0 Å². The van der Waals surface area contributed by atoms with Crippen LogP contribution in [0.25, 0.3) is 0 Å². The van der Waals surface area contributed by atoms with Gasteiger partial charge in [-0.1, -0.05) is 26.0 Å². The molecular weight excluding hydrogens is 308 g/mol. The number of amides is 1. The van der Waals surface area contributed by atoms with Crippen LogP contribution in [0.5, 0.6) is 11.5 Å². The van der Waals surface area contributed by atoms with Gasteiger partial charge in [-0.15, -0.1) is 0 Å². The summed E-state index contributed by atoms with van der Waals surface area (Å²) in [6.07, 6.45) is 1.03. The first-order chi connectivity index (χ1) is 11.6. The van der Waals surface area contributed by atoms with Crippen molar-refractivity contribution in [2.75, 3.05) is 39.5 Å². The van der Waals surface area contributed by atoms with Gasteiger partial charge in [-0.2, -0.15) is 0 Å². The Labute approximate surface area is 143 Å². The first kappa shape index (κ1) is 18.5. The summed E-state index contributed by atoms with van der Waals surface area (Å²) in [5.74, 6) is 0.739. The van der Waals surface area contributed by atoms with Crippen molar-refractivity contribution in [2.45, 2.75) is 26.3 Å². The number of benzene rings is 1. The number of nitrogens with zero attached hydrogens (tertiary/aromatic N) is 1. The van der Waals surface area contributed by atoms with Gasteiger partial charge in [0.25, 0.3) is 5.91 Å². The van der Waals surface area contributed by atoms with Crippen LogP contribution in [0.15, 0.2) is 24.3 Å². The molecule has 2 rings (SSSR count). The third-order valence-corrected chi connectivity index (χ3v) is 4.06. The molecule has 0 radical (unpaired) electrons. The van der Waals surface area contributed by atoms with Crippen LogP contribution in [-0.4, -0.2) is 61.4 Å². The number of ether oxygens (including phenoxy) is 2. The molecule has 0 bridgehead atoms. The van der Waals surface area contributed by atoms with E-state index in [1.54, 1.807) is 18.2 Å². The molecule has 0 saturated carbocycles. The van der Waals surface area contributed by atoms with Crippen molar-refractivity contribution in [3.63, 3.8) is 0 Å². The topological polar surface area (TPSA) is 71.0 Å². The Hall–Kier alpha value is -1.79. The zero-order chi connectivity index (χ0) is 17.4. The lowest BCUT2D eigenvalue weighted by atomic mass is 10.0. The molecule has 1 heterocycles. The van der Waals surface area contributed by atoms with E-state index in [1.807, 2.05) is 0 Å². The van der Waals surface area contributed by atoms with Crippen molar-refractivity contribution < 1.29 is 19.4 Å². The molecule has 24 heavy (non-hydrogen) atoms. The Morgan fingerprint density at radius 3 is 2.71 bits per heavy atom. The van der Waals surface area contributed by atoms with Crippen LogP contribution in [0, 0.1) is 5.92 Å². The number of para-hydroxylation sites is 2. The molecule has 1 aromatic rings. The summed E-state index contributed by atoms with van der Waals surface area (Å²) in [7, 11) is 0. The number of carbonyl (C=O) groups excluding carboxylic acids is 1. The molecule has 0 spiro atoms. The van der Waals surface area contributed by atoms with Crippen molar-refractivity contribution in [1.82, 2.24) is 10.2 Å². The molecule has 6 heteroatoms. The molecule has 1 amide bonds. The Kier molecular flexibility index (Phi) is 7.34. The minimum atomic E-state index is -0.180. The van der Waals surface area contributed by atoms with Gasteiger partial charge < -0.3 is 19.9 Å². The predicted molar refractivity (Wildman–Crippen MR) is 92.2 cm³/mol. The minimum absolute atomic E-state index is 0.0382. The highest BCUT2D eigenvalue weighted by Gasteiger charge is 2.22. The lowest BCUT2D eigenvalue weighted by Crippen LogP contribution is -2.49. The van der Waals surface area contributed by atoms with Crippen molar-refractivity contribution in [3.05, 3.63) is 24.3 Å². The van der Waals surface area contributed by atoms with E-state index in [4.69, 9.17) is 9.47 Å². The van der Waals surface area contributed by atoms with Crippen LogP contribution < -0.4 is 10.1 Å². The van der Waals surface area contributed by atoms with Gasteiger partial charge in [-0.3, -0.25) is 9.69 Å². The first-order valence-electron chi connectivity index (χ1n) is 8.55. The quantitative estimate of drug-likeness (QED) is 0.755. The lowest BCUT2D eigenvalue weighted by molar-refractivity contribution is -0.123. The SMILES string of the molecule is CC(C)CC(CNC(=O)COc1ccccc1O)N1CCOCC1. The summed E-state index contributed by atoms with van der Waals surface area (Å²) in [5, 5.41) is 12.6. The fraction of sp³-hybridized carbons (Fsp3) is 0.611. The van der Waals surface area contributed by atoms with Crippen molar-refractivity contribution in [1.29, 1.82) is 0 Å². The van der Waals surface area contributed by atoms with Crippen molar-refractivity contribution in [3.8, 4) is 11.5 Å². The number of phenolic OH excluding ortho intramolecular Hbond substituents is 1. The average Bonchev–Trinajstić information content (AvgIpc) is 2.58. The number of rotatable bonds is 8. The standard InChI is InChI=1S/C18H28N2O4/c1-14(2)11-15(20-7-9-23-10-8-20)12-19-18(22)13-24-17-6-4-3-5-16(17)21/h3-6,14-15,21H,7-13H2,1-2H3,(H,19,22). The molecule has 1 atom stereocenters. The summed E-state index contributed by atoms with van der Waals surface area (Å²) in [6.45, 7) is 8.19. The monoisotopic (exact) mass is 336 g/mol. The molecule has 6 nitrogen and oxygen atoms in total. The van der Waals surface area contributed by atoms with E-state index >= 15 is 0 Å². The van der Waals surface area contributed by atoms with Gasteiger partial charge in [0.2, 0.25) is 0 Å². The van der Waals surface area contributed by atoms with Crippen LogP contribution >= 0.6 is 0 Å². The average molecular weight is 336 g/mol. The molecule has 0 aromatic heterocycles. The minimum Gasteiger partial charge on any atom is -0.504 e. The van der Waals surface area contributed by atoms with Crippen molar-refractivity contribution in [2.24, 2.45) is 5.92 Å². The molecule has 1 aliphatic heterocycles. The number of phenols is 1. The van der Waals surface area contributed by atoms with E-state index in [-0.39, 0.29) is 18.3 Å². The highest BCUT2D eigenvalue weighted by atomic mass is 16.5. The molecule has 1 unspecified atom stereocenters. The van der Waals surface area contributed by atoms with Crippen LogP contribution in [-0.2, 0) is 9.53 Å². The molecular formula is C18H28N2O4. The summed E-state index contributed by atoms with van der Waals surface area (Å²) < 4.78 is 10.8. The van der Waals surface area contributed by atoms with E-state index in [2.05, 4.69) is 24.1 Å². The lowest BCUT2D eigenvalue weighted by Gasteiger charge is -2.35. The normalized spacial score (nSPS) is 16.8. The Bertz CT molecular complexity index is 515. The maximum Gasteiger partial charge on any atom is 0.257 e. The zero-order valence-electron chi connectivity index (χ0n) is 14.5. The molecule has 1 saturated heterocycles. The third-order valence-electron chi connectivity index (χ3n) is 4.06. The number of carbonyl (C=O) groups is 1. The third kappa shape index (κ3) is 6.02. The highest BCUT2D eigenvalue weighted by molar-refractivity contribution is 5.77. The van der Waals surface area contributed by atoms with E-state index in [1.165, 1.54) is 6.07 Å². The number of nitrogens with one attached hydrogen (secondary N) is 1. The summed E-state index contributed by atoms with van der Waals surface area (Å²) in [5.41, 5.74) is 0. The molecule has 2 N–H and O–H groups in total. The number of hydrogen-bond acceptors (Lipinski definition) is 5. The van der Waals surface area contributed by atoms with Crippen LogP contribution in [0.1, 0.15) is 20.3 Å². The van der Waals surface area contributed by atoms with Gasteiger partial charge in [0.05, 0.1) is 13.2 Å². The van der Waals surface area contributed by atoms with E-state index in [9.17, 15) is 9.90 Å². The van der Waals surface area contributed by atoms with Crippen molar-refractivity contribution >= 4 is 5.91 Å². The summed E-state index contributed by atoms with van der Waals surface area (Å²) >= 11 is 0. The second-order valence-electron chi connectivity index (χ2n) is 6.49. The molecule has 0 aliphatic carbocycles. The van der Waals surface area contributed by atoms with Crippen LogP contribution in [0.3, 0.4) is 0 Å². The first-order valence-corrected chi connectivity index (χ1v) is 8.55. The Balaban J connectivity index is 1.79. The van der Waals surface area contributed by atoms with E-state index in [0.29, 0.717) is 24.3 Å². The molecule has 1 fully saturated rings. The number of aromatic hydroxyl groups is 1. The van der Waals surface area contributed by atoms with Gasteiger partial charge in [0.15, 0.2) is 18.1 Å². The number of morpholine rings is 1. The summed E-state index contributed by atoms with van der Waals surface area (Å²) in [4.78, 5) is 14.4. The van der Waals surface area contributed by atoms with Crippen LogP contribution in [0.4, 0.5) is 0 Å². The fourth-order valence-corrected chi connectivity index (χ4v) is 2.85. The van der Waals surface area contributed by atoms with Gasteiger partial charge in [-0.05, 0) is 24.5 Å². The second kappa shape index (κ2) is 9.49.